The number of amides is 2. The number of urea groups is 1. The molecule has 8 heteroatoms. The summed E-state index contributed by atoms with van der Waals surface area (Å²) in [6, 6.07) is 4.51. The van der Waals surface area contributed by atoms with Gasteiger partial charge in [0.05, 0.1) is 11.5 Å². The van der Waals surface area contributed by atoms with Crippen molar-refractivity contribution in [1.82, 2.24) is 10.2 Å². The number of aliphatic carboxylic acids is 1. The van der Waals surface area contributed by atoms with E-state index in [1.54, 1.807) is 6.92 Å². The highest BCUT2D eigenvalue weighted by atomic mass is 19.4. The van der Waals surface area contributed by atoms with E-state index < -0.39 is 23.6 Å². The summed E-state index contributed by atoms with van der Waals surface area (Å²) in [5.41, 5.74) is -0.0177. The molecule has 2 rings (SSSR count). The maximum Gasteiger partial charge on any atom is 0.416 e. The zero-order valence-electron chi connectivity index (χ0n) is 13.8. The number of carbonyl (C=O) groups is 2. The molecule has 25 heavy (non-hydrogen) atoms. The van der Waals surface area contributed by atoms with Crippen molar-refractivity contribution in [2.75, 3.05) is 19.6 Å². The van der Waals surface area contributed by atoms with Gasteiger partial charge in [0.1, 0.15) is 0 Å². The third-order valence-electron chi connectivity index (χ3n) is 4.42. The fourth-order valence-electron chi connectivity index (χ4n) is 2.83. The van der Waals surface area contributed by atoms with Gasteiger partial charge in [-0.05, 0) is 36.5 Å². The average molecular weight is 358 g/mol. The molecule has 1 aliphatic heterocycles. The van der Waals surface area contributed by atoms with E-state index in [1.807, 2.05) is 0 Å². The molecule has 2 unspecified atom stereocenters. The summed E-state index contributed by atoms with van der Waals surface area (Å²) in [5.74, 6) is -1.62. The summed E-state index contributed by atoms with van der Waals surface area (Å²) in [6.07, 6.45) is -3.18. The van der Waals surface area contributed by atoms with Crippen LogP contribution >= 0.6 is 0 Å². The average Bonchev–Trinajstić information content (AvgIpc) is 2.58. The molecule has 0 aliphatic carbocycles. The highest BCUT2D eigenvalue weighted by Crippen LogP contribution is 2.30. The molecule has 2 N–H and O–H groups in total. The van der Waals surface area contributed by atoms with E-state index in [4.69, 9.17) is 5.11 Å². The molecule has 1 aromatic rings. The van der Waals surface area contributed by atoms with Crippen molar-refractivity contribution in [3.8, 4) is 0 Å². The third kappa shape index (κ3) is 5.11. The minimum absolute atomic E-state index is 0.161. The van der Waals surface area contributed by atoms with Gasteiger partial charge in [0, 0.05) is 19.6 Å². The predicted octanol–water partition coefficient (Wildman–Crippen LogP) is 3.32. The Labute approximate surface area is 143 Å². The minimum Gasteiger partial charge on any atom is -0.481 e. The molecule has 1 aliphatic rings. The number of nitrogens with one attached hydrogen (secondary N) is 1. The van der Waals surface area contributed by atoms with Gasteiger partial charge in [-0.25, -0.2) is 4.79 Å². The minimum atomic E-state index is -4.37. The van der Waals surface area contributed by atoms with E-state index in [-0.39, 0.29) is 25.0 Å². The number of alkyl halides is 3. The number of carbonyl (C=O) groups excluding carboxylic acids is 1. The van der Waals surface area contributed by atoms with Crippen LogP contribution in [0.2, 0.25) is 0 Å². The summed E-state index contributed by atoms with van der Waals surface area (Å²) in [6.45, 7) is 2.75. The topological polar surface area (TPSA) is 69.6 Å². The van der Waals surface area contributed by atoms with Crippen molar-refractivity contribution in [3.05, 3.63) is 35.4 Å². The first kappa shape index (κ1) is 19.1. The molecule has 0 spiro atoms. The van der Waals surface area contributed by atoms with E-state index in [0.29, 0.717) is 24.9 Å². The van der Waals surface area contributed by atoms with E-state index in [0.717, 1.165) is 12.1 Å². The van der Waals surface area contributed by atoms with Gasteiger partial charge in [0.25, 0.3) is 0 Å². The van der Waals surface area contributed by atoms with Crippen molar-refractivity contribution in [1.29, 1.82) is 0 Å². The highest BCUT2D eigenvalue weighted by Gasteiger charge is 2.30. The first-order valence-corrected chi connectivity index (χ1v) is 8.11. The van der Waals surface area contributed by atoms with Gasteiger partial charge >= 0.3 is 18.2 Å². The van der Waals surface area contributed by atoms with Crippen molar-refractivity contribution >= 4 is 12.0 Å². The first-order valence-electron chi connectivity index (χ1n) is 8.11. The lowest BCUT2D eigenvalue weighted by Gasteiger charge is -2.31. The van der Waals surface area contributed by atoms with Crippen LogP contribution < -0.4 is 5.32 Å². The quantitative estimate of drug-likeness (QED) is 0.868. The largest absolute Gasteiger partial charge is 0.481 e. The van der Waals surface area contributed by atoms with Gasteiger partial charge in [0.2, 0.25) is 0 Å². The number of hydrogen-bond acceptors (Lipinski definition) is 2. The van der Waals surface area contributed by atoms with Crippen LogP contribution in [-0.4, -0.2) is 41.6 Å². The van der Waals surface area contributed by atoms with Crippen LogP contribution in [0.25, 0.3) is 0 Å². The zero-order valence-corrected chi connectivity index (χ0v) is 13.8. The molecule has 1 fully saturated rings. The zero-order chi connectivity index (χ0) is 18.6. The molecule has 0 bridgehead atoms. The Bertz CT molecular complexity index is 617. The van der Waals surface area contributed by atoms with Crippen LogP contribution in [0, 0.1) is 5.92 Å². The highest BCUT2D eigenvalue weighted by molar-refractivity contribution is 5.76. The van der Waals surface area contributed by atoms with E-state index in [2.05, 4.69) is 5.32 Å². The molecule has 1 saturated heterocycles. The maximum atomic E-state index is 12.6. The first-order chi connectivity index (χ1) is 11.7. The lowest BCUT2D eigenvalue weighted by atomic mass is 9.98. The molecule has 2 amide bonds. The van der Waals surface area contributed by atoms with Crippen LogP contribution in [-0.2, 0) is 11.0 Å². The summed E-state index contributed by atoms with van der Waals surface area (Å²) < 4.78 is 37.7. The summed E-state index contributed by atoms with van der Waals surface area (Å²) in [5, 5.41) is 11.8. The standard InChI is InChI=1S/C17H21F3N2O3/c1-11(12-4-6-14(7-5-12)17(18,19)20)9-21-16(25)22-8-2-3-13(10-22)15(23)24/h4-7,11,13H,2-3,8-10H2,1H3,(H,21,25)(H,23,24). The van der Waals surface area contributed by atoms with Crippen LogP contribution in [0.1, 0.15) is 36.8 Å². The number of halogens is 3. The molecule has 5 nitrogen and oxygen atoms in total. The van der Waals surface area contributed by atoms with Crippen molar-refractivity contribution in [2.45, 2.75) is 31.9 Å². The second-order valence-electron chi connectivity index (χ2n) is 6.33. The second kappa shape index (κ2) is 7.76. The van der Waals surface area contributed by atoms with Gasteiger partial charge in [-0.15, -0.1) is 0 Å². The van der Waals surface area contributed by atoms with Gasteiger partial charge < -0.3 is 15.3 Å². The van der Waals surface area contributed by atoms with E-state index >= 15 is 0 Å². The third-order valence-corrected chi connectivity index (χ3v) is 4.42. The number of benzene rings is 1. The van der Waals surface area contributed by atoms with Crippen LogP contribution in [0.15, 0.2) is 24.3 Å². The van der Waals surface area contributed by atoms with Gasteiger partial charge in [-0.3, -0.25) is 4.79 Å². The van der Waals surface area contributed by atoms with Crippen LogP contribution in [0.3, 0.4) is 0 Å². The Kier molecular flexibility index (Phi) is 5.92. The molecule has 1 heterocycles. The second-order valence-corrected chi connectivity index (χ2v) is 6.33. The Morgan fingerprint density at radius 3 is 2.52 bits per heavy atom. The Morgan fingerprint density at radius 1 is 1.32 bits per heavy atom. The molecule has 138 valence electrons. The van der Waals surface area contributed by atoms with Crippen molar-refractivity contribution in [2.24, 2.45) is 5.92 Å². The van der Waals surface area contributed by atoms with Gasteiger partial charge in [-0.1, -0.05) is 19.1 Å². The molecular formula is C17H21F3N2O3. The Hall–Kier alpha value is -2.25. The molecule has 1 aromatic carbocycles. The number of carboxylic acid groups (broad SMARTS) is 1. The number of nitrogens with zero attached hydrogens (tertiary/aromatic N) is 1. The maximum absolute atomic E-state index is 12.6. The molecule has 2 atom stereocenters. The van der Waals surface area contributed by atoms with Crippen LogP contribution in [0.4, 0.5) is 18.0 Å². The lowest BCUT2D eigenvalue weighted by molar-refractivity contribution is -0.143. The number of rotatable bonds is 4. The number of hydrogen-bond donors (Lipinski definition) is 2. The number of piperidine rings is 1. The van der Waals surface area contributed by atoms with Crippen molar-refractivity contribution in [3.63, 3.8) is 0 Å². The van der Waals surface area contributed by atoms with Gasteiger partial charge in [0.15, 0.2) is 0 Å². The fourth-order valence-corrected chi connectivity index (χ4v) is 2.83. The molecule has 0 aromatic heterocycles. The smallest absolute Gasteiger partial charge is 0.416 e. The Balaban J connectivity index is 1.87. The molecule has 0 radical (unpaired) electrons. The van der Waals surface area contributed by atoms with Crippen LogP contribution in [0.5, 0.6) is 0 Å². The Morgan fingerprint density at radius 2 is 1.96 bits per heavy atom. The predicted molar refractivity (Wildman–Crippen MR) is 85.2 cm³/mol. The lowest BCUT2D eigenvalue weighted by Crippen LogP contribution is -2.47. The van der Waals surface area contributed by atoms with Crippen molar-refractivity contribution < 1.29 is 27.9 Å². The number of carboxylic acids is 1. The molecule has 0 saturated carbocycles. The van der Waals surface area contributed by atoms with E-state index in [9.17, 15) is 22.8 Å². The summed E-state index contributed by atoms with van der Waals surface area (Å²) >= 11 is 0. The summed E-state index contributed by atoms with van der Waals surface area (Å²) in [4.78, 5) is 24.7. The number of likely N-dealkylation sites (tertiary alicyclic amines) is 1. The van der Waals surface area contributed by atoms with E-state index in [1.165, 1.54) is 17.0 Å². The fraction of sp³-hybridized carbons (Fsp3) is 0.529. The normalized spacial score (nSPS) is 19.4. The molecular weight excluding hydrogens is 337 g/mol. The monoisotopic (exact) mass is 358 g/mol. The summed E-state index contributed by atoms with van der Waals surface area (Å²) in [7, 11) is 0. The SMILES string of the molecule is CC(CNC(=O)N1CCCC(C(=O)O)C1)c1ccc(C(F)(F)F)cc1. The van der Waals surface area contributed by atoms with Gasteiger partial charge in [-0.2, -0.15) is 13.2 Å².